The normalized spacial score (nSPS) is 39.7. The van der Waals surface area contributed by atoms with Crippen molar-refractivity contribution in [1.29, 1.82) is 0 Å². The summed E-state index contributed by atoms with van der Waals surface area (Å²) in [4.78, 5) is 31.3. The molecule has 0 spiro atoms. The van der Waals surface area contributed by atoms with Gasteiger partial charge in [-0.2, -0.15) is 0 Å². The van der Waals surface area contributed by atoms with E-state index in [1.165, 1.54) is 0 Å². The van der Waals surface area contributed by atoms with Gasteiger partial charge in [0, 0.05) is 56.6 Å². The molecule has 8 unspecified atom stereocenters. The van der Waals surface area contributed by atoms with Crippen LogP contribution in [0.15, 0.2) is 54.0 Å². The SMILES string of the molecule is CC[C@H]1CCC[C@H](O[C@H]2CC[C@H](N(C)C)C(C)O2)[C@@H](C)C(=O)C2=C[C@@H]3C(C(F)=C(n4cc(-c5ccccc5)nn4)[C@@H]4C[C@@H](OC5OC(C)C(OC)C(OC)C5OC)C[C@@H]34)C2CC(=O)O1. The Morgan fingerprint density at radius 2 is 1.62 bits per heavy atom. The fourth-order valence-electron chi connectivity index (χ4n) is 12.0. The van der Waals surface area contributed by atoms with E-state index in [2.05, 4.69) is 36.2 Å². The van der Waals surface area contributed by atoms with Crippen molar-refractivity contribution in [3.63, 3.8) is 0 Å². The van der Waals surface area contributed by atoms with Gasteiger partial charge in [0.2, 0.25) is 0 Å². The number of hydrogen-bond acceptors (Lipinski definition) is 13. The van der Waals surface area contributed by atoms with Gasteiger partial charge in [-0.3, -0.25) is 9.59 Å². The lowest BCUT2D eigenvalue weighted by Gasteiger charge is -2.44. The summed E-state index contributed by atoms with van der Waals surface area (Å²) in [6.07, 6.45) is 4.64. The molecule has 6 aliphatic rings. The lowest BCUT2D eigenvalue weighted by Crippen LogP contribution is -2.59. The molecule has 1 saturated carbocycles. The van der Waals surface area contributed by atoms with Crippen molar-refractivity contribution in [3.05, 3.63) is 54.0 Å². The molecule has 0 bridgehead atoms. The van der Waals surface area contributed by atoms with Gasteiger partial charge in [0.15, 0.2) is 18.4 Å². The molecule has 3 saturated heterocycles. The predicted molar refractivity (Wildman–Crippen MR) is 235 cm³/mol. The van der Waals surface area contributed by atoms with Crippen LogP contribution in [0.4, 0.5) is 4.39 Å². The number of aromatic nitrogens is 3. The summed E-state index contributed by atoms with van der Waals surface area (Å²) in [7, 11) is 8.96. The number of ether oxygens (including phenoxy) is 8. The van der Waals surface area contributed by atoms with E-state index in [9.17, 15) is 4.79 Å². The predicted octanol–water partition coefficient (Wildman–Crippen LogP) is 7.03. The van der Waals surface area contributed by atoms with Crippen molar-refractivity contribution < 1.29 is 51.9 Å². The van der Waals surface area contributed by atoms with Crippen LogP contribution in [0, 0.1) is 35.5 Å². The third-order valence-corrected chi connectivity index (χ3v) is 15.3. The molecular weight excluding hydrogens is 824 g/mol. The average molecular weight is 893 g/mol. The lowest BCUT2D eigenvalue weighted by molar-refractivity contribution is -0.314. The number of allylic oxidation sites excluding steroid dienone is 4. The van der Waals surface area contributed by atoms with E-state index in [0.717, 1.165) is 12.0 Å². The molecule has 0 amide bonds. The number of carbonyl (C=O) groups excluding carboxylic acids is 2. The average Bonchev–Trinajstić information content (AvgIpc) is 4.03. The minimum Gasteiger partial charge on any atom is -0.462 e. The number of likely N-dealkylation sites (N-methyl/N-ethyl adjacent to an activating group) is 1. The highest BCUT2D eigenvalue weighted by Gasteiger charge is 2.57. The van der Waals surface area contributed by atoms with E-state index in [0.29, 0.717) is 61.9 Å². The molecular formula is C49H69FN4O10. The Kier molecular flexibility index (Phi) is 14.9. The van der Waals surface area contributed by atoms with Crippen LogP contribution in [-0.2, 0) is 47.5 Å². The number of nitrogens with zero attached hydrogens (tertiary/aromatic N) is 4. The number of fused-ring (bicyclic) bond motifs is 5. The van der Waals surface area contributed by atoms with Gasteiger partial charge in [-0.25, -0.2) is 9.07 Å². The Morgan fingerprint density at radius 1 is 0.875 bits per heavy atom. The monoisotopic (exact) mass is 892 g/mol. The Morgan fingerprint density at radius 3 is 2.31 bits per heavy atom. The second kappa shape index (κ2) is 20.2. The Balaban J connectivity index is 1.15. The number of cyclic esters (lactones) is 1. The second-order valence-electron chi connectivity index (χ2n) is 19.2. The summed E-state index contributed by atoms with van der Waals surface area (Å²) in [5.41, 5.74) is 2.30. The first-order valence-corrected chi connectivity index (χ1v) is 23.5. The minimum atomic E-state index is -0.816. The maximum Gasteiger partial charge on any atom is 0.306 e. The van der Waals surface area contributed by atoms with Crippen LogP contribution >= 0.6 is 0 Å². The molecule has 3 aliphatic heterocycles. The first kappa shape index (κ1) is 47.1. The van der Waals surface area contributed by atoms with Gasteiger partial charge in [-0.1, -0.05) is 55.5 Å². The molecule has 15 heteroatoms. The van der Waals surface area contributed by atoms with Crippen LogP contribution in [0.2, 0.25) is 0 Å². The first-order chi connectivity index (χ1) is 30.8. The van der Waals surface area contributed by atoms with E-state index in [4.69, 9.17) is 37.9 Å². The third-order valence-electron chi connectivity index (χ3n) is 15.3. The van der Waals surface area contributed by atoms with Gasteiger partial charge >= 0.3 is 5.97 Å². The number of ketones is 1. The van der Waals surface area contributed by atoms with Gasteiger partial charge in [0.25, 0.3) is 0 Å². The molecule has 4 fully saturated rings. The topological polar surface area (TPSA) is 142 Å². The molecule has 17 atom stereocenters. The fourth-order valence-corrected chi connectivity index (χ4v) is 12.0. The van der Waals surface area contributed by atoms with Gasteiger partial charge in [0.05, 0.1) is 42.7 Å². The molecule has 0 radical (unpaired) electrons. The summed E-state index contributed by atoms with van der Waals surface area (Å²) >= 11 is 0. The summed E-state index contributed by atoms with van der Waals surface area (Å²) in [5, 5.41) is 9.04. The van der Waals surface area contributed by atoms with Crippen molar-refractivity contribution in [2.75, 3.05) is 35.4 Å². The van der Waals surface area contributed by atoms with Gasteiger partial charge in [-0.15, -0.1) is 5.10 Å². The fraction of sp³-hybridized carbons (Fsp3) is 0.714. The molecule has 352 valence electrons. The van der Waals surface area contributed by atoms with Crippen LogP contribution in [0.5, 0.6) is 0 Å². The number of Topliss-reactive ketones (excluding diaryl/α,β-unsaturated/α-hetero) is 1. The van der Waals surface area contributed by atoms with Gasteiger partial charge in [0.1, 0.15) is 35.9 Å². The van der Waals surface area contributed by atoms with Gasteiger partial charge < -0.3 is 42.8 Å². The van der Waals surface area contributed by atoms with Crippen LogP contribution in [-0.4, -0.2) is 135 Å². The molecule has 1 aromatic carbocycles. The molecule has 4 heterocycles. The summed E-state index contributed by atoms with van der Waals surface area (Å²) in [6, 6.07) is 9.93. The van der Waals surface area contributed by atoms with Gasteiger partial charge in [-0.05, 0) is 96.7 Å². The number of carbonyl (C=O) groups is 2. The van der Waals surface area contributed by atoms with Crippen LogP contribution in [0.3, 0.4) is 0 Å². The number of halogens is 1. The van der Waals surface area contributed by atoms with Crippen molar-refractivity contribution in [2.45, 2.75) is 153 Å². The zero-order valence-corrected chi connectivity index (χ0v) is 39.0. The maximum absolute atomic E-state index is 18.1. The molecule has 3 aliphatic carbocycles. The highest BCUT2D eigenvalue weighted by atomic mass is 19.1. The number of benzene rings is 1. The van der Waals surface area contributed by atoms with E-state index in [1.54, 1.807) is 32.2 Å². The number of hydrogen-bond donors (Lipinski definition) is 0. The van der Waals surface area contributed by atoms with E-state index >= 15 is 9.18 Å². The van der Waals surface area contributed by atoms with Crippen molar-refractivity contribution >= 4 is 17.4 Å². The molecule has 1 aromatic heterocycles. The zero-order valence-electron chi connectivity index (χ0n) is 39.0. The summed E-state index contributed by atoms with van der Waals surface area (Å²) in [6.45, 7) is 7.92. The maximum atomic E-state index is 18.1. The zero-order chi connectivity index (χ0) is 45.4. The first-order valence-electron chi connectivity index (χ1n) is 23.5. The molecule has 0 N–H and O–H groups in total. The number of esters is 1. The van der Waals surface area contributed by atoms with E-state index < -0.39 is 66.4 Å². The van der Waals surface area contributed by atoms with Crippen molar-refractivity contribution in [3.8, 4) is 11.3 Å². The molecule has 64 heavy (non-hydrogen) atoms. The highest BCUT2D eigenvalue weighted by Crippen LogP contribution is 2.60. The largest absolute Gasteiger partial charge is 0.462 e. The molecule has 8 rings (SSSR count). The van der Waals surface area contributed by atoms with Crippen molar-refractivity contribution in [2.24, 2.45) is 35.5 Å². The van der Waals surface area contributed by atoms with E-state index in [1.807, 2.05) is 57.2 Å². The molecule has 2 aromatic rings. The Bertz CT molecular complexity index is 2000. The Hall–Kier alpha value is -3.41. The van der Waals surface area contributed by atoms with Crippen LogP contribution in [0.1, 0.15) is 85.5 Å². The van der Waals surface area contributed by atoms with E-state index in [-0.39, 0.29) is 60.6 Å². The summed E-state index contributed by atoms with van der Waals surface area (Å²) < 4.78 is 69.8. The van der Waals surface area contributed by atoms with Crippen LogP contribution < -0.4 is 0 Å². The smallest absolute Gasteiger partial charge is 0.306 e. The highest BCUT2D eigenvalue weighted by molar-refractivity contribution is 5.99. The third kappa shape index (κ3) is 9.29. The quantitative estimate of drug-likeness (QED) is 0.214. The number of rotatable bonds is 11. The minimum absolute atomic E-state index is 0.0399. The second-order valence-corrected chi connectivity index (χ2v) is 19.2. The standard InChI is InChI=1S/C49H69FN4O10/c1-10-30-17-14-18-39(64-41-20-19-38(53(5)6)27(3)60-41)26(2)45(56)36-23-33-32-21-31(63-49-48(59-9)47(58-8)46(57-7)28(4)61-49)22-35(32)44(43(50)42(33)34(36)24-40(55)62-30)54-25-37(51-52-54)29-15-12-11-13-16-29/h11-13,15-16,23,25-28,30-35,38-39,41-42,46-49H,10,14,17-22,24H2,1-9H3/t26-,27?,28?,30+,31+,32+,33+,34?,35-,38+,39+,41+,42?,46?,47?,48?,49?/m1/s1. The Labute approximate surface area is 377 Å². The molecule has 14 nitrogen and oxygen atoms in total. The number of methoxy groups -OCH3 is 3. The van der Waals surface area contributed by atoms with Crippen LogP contribution in [0.25, 0.3) is 17.0 Å². The lowest BCUT2D eigenvalue weighted by atomic mass is 9.68. The summed E-state index contributed by atoms with van der Waals surface area (Å²) in [5.74, 6) is -4.04. The van der Waals surface area contributed by atoms with Crippen molar-refractivity contribution in [1.82, 2.24) is 19.9 Å².